The van der Waals surface area contributed by atoms with Crippen LogP contribution in [0, 0.1) is 18.6 Å². The SMILES string of the molecule is Cc1nn(-c2ccccc2)c(-n2cccc2)c1CNC(=O)Nc1cc(F)ccc1F. The minimum atomic E-state index is -0.715. The maximum Gasteiger partial charge on any atom is 0.319 e. The Bertz CT molecular complexity index is 1170. The topological polar surface area (TPSA) is 63.9 Å². The van der Waals surface area contributed by atoms with Crippen LogP contribution in [0.3, 0.4) is 0 Å². The molecule has 0 aliphatic heterocycles. The van der Waals surface area contributed by atoms with Gasteiger partial charge < -0.3 is 15.2 Å². The second kappa shape index (κ2) is 8.20. The van der Waals surface area contributed by atoms with Gasteiger partial charge in [-0.15, -0.1) is 0 Å². The lowest BCUT2D eigenvalue weighted by Crippen LogP contribution is -2.29. The van der Waals surface area contributed by atoms with Crippen molar-refractivity contribution in [1.29, 1.82) is 0 Å². The van der Waals surface area contributed by atoms with Gasteiger partial charge in [0.1, 0.15) is 17.5 Å². The van der Waals surface area contributed by atoms with Gasteiger partial charge in [0.2, 0.25) is 0 Å². The van der Waals surface area contributed by atoms with E-state index in [-0.39, 0.29) is 12.2 Å². The van der Waals surface area contributed by atoms with Crippen LogP contribution in [0.1, 0.15) is 11.3 Å². The Morgan fingerprint density at radius 2 is 1.77 bits per heavy atom. The molecule has 6 nitrogen and oxygen atoms in total. The zero-order chi connectivity index (χ0) is 21.1. The van der Waals surface area contributed by atoms with Crippen molar-refractivity contribution in [3.63, 3.8) is 0 Å². The molecule has 2 amide bonds. The molecule has 0 bridgehead atoms. The third kappa shape index (κ3) is 3.93. The van der Waals surface area contributed by atoms with E-state index < -0.39 is 17.7 Å². The Hall–Kier alpha value is -3.94. The number of aromatic nitrogens is 3. The van der Waals surface area contributed by atoms with Gasteiger partial charge in [-0.2, -0.15) is 5.10 Å². The molecule has 0 atom stereocenters. The molecule has 30 heavy (non-hydrogen) atoms. The molecular formula is C22H19F2N5O. The van der Waals surface area contributed by atoms with E-state index in [0.717, 1.165) is 41.0 Å². The quantitative estimate of drug-likeness (QED) is 0.509. The van der Waals surface area contributed by atoms with Crippen LogP contribution < -0.4 is 10.6 Å². The predicted octanol–water partition coefficient (Wildman–Crippen LogP) is 4.57. The Kier molecular flexibility index (Phi) is 5.30. The van der Waals surface area contributed by atoms with Gasteiger partial charge >= 0.3 is 6.03 Å². The minimum absolute atomic E-state index is 0.148. The van der Waals surface area contributed by atoms with Crippen LogP contribution in [-0.4, -0.2) is 20.4 Å². The zero-order valence-electron chi connectivity index (χ0n) is 16.1. The number of carbonyl (C=O) groups is 1. The largest absolute Gasteiger partial charge is 0.334 e. The summed E-state index contributed by atoms with van der Waals surface area (Å²) in [4.78, 5) is 12.3. The molecule has 0 unspecified atom stereocenters. The van der Waals surface area contributed by atoms with Crippen molar-refractivity contribution in [3.8, 4) is 11.5 Å². The van der Waals surface area contributed by atoms with E-state index in [1.165, 1.54) is 0 Å². The highest BCUT2D eigenvalue weighted by Gasteiger charge is 2.18. The molecule has 0 spiro atoms. The second-order valence-electron chi connectivity index (χ2n) is 6.66. The normalized spacial score (nSPS) is 10.8. The van der Waals surface area contributed by atoms with Gasteiger partial charge in [-0.3, -0.25) is 0 Å². The number of aryl methyl sites for hydroxylation is 1. The molecular weight excluding hydrogens is 388 g/mol. The van der Waals surface area contributed by atoms with E-state index >= 15 is 0 Å². The number of anilines is 1. The van der Waals surface area contributed by atoms with Gasteiger partial charge in [0.25, 0.3) is 0 Å². The maximum atomic E-state index is 13.8. The van der Waals surface area contributed by atoms with Crippen molar-refractivity contribution in [3.05, 3.63) is 95.9 Å². The van der Waals surface area contributed by atoms with Crippen molar-refractivity contribution in [2.45, 2.75) is 13.5 Å². The number of rotatable bonds is 5. The van der Waals surface area contributed by atoms with E-state index in [2.05, 4.69) is 15.7 Å². The van der Waals surface area contributed by atoms with Crippen LogP contribution in [0.4, 0.5) is 19.3 Å². The van der Waals surface area contributed by atoms with Gasteiger partial charge in [0, 0.05) is 24.0 Å². The van der Waals surface area contributed by atoms with Crippen LogP contribution in [0.25, 0.3) is 11.5 Å². The van der Waals surface area contributed by atoms with Gasteiger partial charge in [0.05, 0.1) is 23.6 Å². The van der Waals surface area contributed by atoms with Crippen molar-refractivity contribution >= 4 is 11.7 Å². The maximum absolute atomic E-state index is 13.8. The summed E-state index contributed by atoms with van der Waals surface area (Å²) in [5.41, 5.74) is 2.18. The average molecular weight is 407 g/mol. The fourth-order valence-corrected chi connectivity index (χ4v) is 3.17. The first kappa shape index (κ1) is 19.4. The first-order valence-electron chi connectivity index (χ1n) is 9.30. The van der Waals surface area contributed by atoms with Crippen LogP contribution in [0.15, 0.2) is 73.1 Å². The van der Waals surface area contributed by atoms with E-state index in [1.807, 2.05) is 66.3 Å². The van der Waals surface area contributed by atoms with E-state index in [0.29, 0.717) is 0 Å². The van der Waals surface area contributed by atoms with Crippen molar-refractivity contribution in [2.75, 3.05) is 5.32 Å². The smallest absolute Gasteiger partial charge is 0.319 e. The fourth-order valence-electron chi connectivity index (χ4n) is 3.17. The molecule has 0 aliphatic carbocycles. The molecule has 4 rings (SSSR count). The third-order valence-electron chi connectivity index (χ3n) is 4.61. The highest BCUT2D eigenvalue weighted by molar-refractivity contribution is 5.89. The van der Waals surface area contributed by atoms with Gasteiger partial charge in [0.15, 0.2) is 0 Å². The third-order valence-corrected chi connectivity index (χ3v) is 4.61. The highest BCUT2D eigenvalue weighted by atomic mass is 19.1. The summed E-state index contributed by atoms with van der Waals surface area (Å²) in [6, 6.07) is 15.7. The molecule has 2 aromatic heterocycles. The Morgan fingerprint density at radius 3 is 2.50 bits per heavy atom. The number of benzene rings is 2. The molecule has 0 aliphatic rings. The van der Waals surface area contributed by atoms with Gasteiger partial charge in [-0.1, -0.05) is 18.2 Å². The predicted molar refractivity (Wildman–Crippen MR) is 110 cm³/mol. The molecule has 0 fully saturated rings. The standard InChI is InChI=1S/C22H19F2N5O/c1-15-18(14-25-22(30)26-20-13-16(23)9-10-19(20)24)21(28-11-5-6-12-28)29(27-15)17-7-3-2-4-8-17/h2-13H,14H2,1H3,(H2,25,26,30). The average Bonchev–Trinajstić information content (AvgIpc) is 3.37. The zero-order valence-corrected chi connectivity index (χ0v) is 16.1. The lowest BCUT2D eigenvalue weighted by atomic mass is 10.2. The molecule has 2 aromatic carbocycles. The van der Waals surface area contributed by atoms with E-state index in [4.69, 9.17) is 0 Å². The summed E-state index contributed by atoms with van der Waals surface area (Å²) in [6.45, 7) is 2.00. The lowest BCUT2D eigenvalue weighted by molar-refractivity contribution is 0.251. The number of hydrogen-bond acceptors (Lipinski definition) is 2. The molecule has 0 saturated carbocycles. The van der Waals surface area contributed by atoms with Crippen LogP contribution in [0.2, 0.25) is 0 Å². The number of nitrogens with zero attached hydrogens (tertiary/aromatic N) is 3. The van der Waals surface area contributed by atoms with Gasteiger partial charge in [-0.05, 0) is 43.3 Å². The minimum Gasteiger partial charge on any atom is -0.334 e. The summed E-state index contributed by atoms with van der Waals surface area (Å²) < 4.78 is 30.8. The van der Waals surface area contributed by atoms with E-state index in [9.17, 15) is 13.6 Å². The van der Waals surface area contributed by atoms with Crippen LogP contribution in [-0.2, 0) is 6.54 Å². The number of halogens is 2. The molecule has 2 N–H and O–H groups in total. The van der Waals surface area contributed by atoms with Crippen molar-refractivity contribution in [1.82, 2.24) is 19.7 Å². The van der Waals surface area contributed by atoms with Crippen molar-refractivity contribution in [2.24, 2.45) is 0 Å². The Labute approximate surface area is 171 Å². The number of urea groups is 1. The Morgan fingerprint density at radius 1 is 1.03 bits per heavy atom. The summed E-state index contributed by atoms with van der Waals surface area (Å²) in [5, 5.41) is 9.67. The van der Waals surface area contributed by atoms with Crippen LogP contribution >= 0.6 is 0 Å². The molecule has 8 heteroatoms. The summed E-state index contributed by atoms with van der Waals surface area (Å²) in [7, 11) is 0. The highest BCUT2D eigenvalue weighted by Crippen LogP contribution is 2.23. The molecule has 2 heterocycles. The van der Waals surface area contributed by atoms with Gasteiger partial charge in [-0.25, -0.2) is 18.3 Å². The molecule has 4 aromatic rings. The van der Waals surface area contributed by atoms with Crippen molar-refractivity contribution < 1.29 is 13.6 Å². The lowest BCUT2D eigenvalue weighted by Gasteiger charge is -2.12. The van der Waals surface area contributed by atoms with E-state index in [1.54, 1.807) is 4.68 Å². The first-order valence-corrected chi connectivity index (χ1v) is 9.30. The fraction of sp³-hybridized carbons (Fsp3) is 0.0909. The molecule has 152 valence electrons. The summed E-state index contributed by atoms with van der Waals surface area (Å²) in [5.74, 6) is -0.574. The second-order valence-corrected chi connectivity index (χ2v) is 6.66. The number of nitrogens with one attached hydrogen (secondary N) is 2. The summed E-state index contributed by atoms with van der Waals surface area (Å²) >= 11 is 0. The Balaban J connectivity index is 1.60. The first-order chi connectivity index (χ1) is 14.5. The number of amides is 2. The molecule has 0 radical (unpaired) electrons. The van der Waals surface area contributed by atoms with Crippen LogP contribution in [0.5, 0.6) is 0 Å². The molecule has 0 saturated heterocycles. The number of carbonyl (C=O) groups excluding carboxylic acids is 1. The number of para-hydroxylation sites is 1. The number of hydrogen-bond donors (Lipinski definition) is 2. The monoisotopic (exact) mass is 407 g/mol. The summed E-state index contributed by atoms with van der Waals surface area (Å²) in [6.07, 6.45) is 3.78.